The van der Waals surface area contributed by atoms with Gasteiger partial charge in [-0.15, -0.1) is 0 Å². The molecule has 0 unspecified atom stereocenters. The van der Waals surface area contributed by atoms with E-state index in [4.69, 9.17) is 4.74 Å². The standard InChI is InChI=1S/C10H9NO2/c12-8-13-10-5-3-7-11-6-2-1-4-9(10)11/h1-6,8H,7H2. The summed E-state index contributed by atoms with van der Waals surface area (Å²) in [4.78, 5) is 12.2. The van der Waals surface area contributed by atoms with Crippen molar-refractivity contribution < 1.29 is 9.53 Å². The molecule has 3 heteroatoms. The van der Waals surface area contributed by atoms with Crippen molar-refractivity contribution in [3.05, 3.63) is 48.0 Å². The summed E-state index contributed by atoms with van der Waals surface area (Å²) < 4.78 is 4.84. The highest BCUT2D eigenvalue weighted by atomic mass is 16.5. The van der Waals surface area contributed by atoms with E-state index in [2.05, 4.69) is 0 Å². The van der Waals surface area contributed by atoms with E-state index in [0.29, 0.717) is 12.2 Å². The van der Waals surface area contributed by atoms with Crippen LogP contribution in [0.2, 0.25) is 0 Å². The molecule has 2 aliphatic heterocycles. The Morgan fingerprint density at radius 2 is 2.31 bits per heavy atom. The number of rotatable bonds is 2. The second kappa shape index (κ2) is 3.31. The molecule has 2 aliphatic rings. The van der Waals surface area contributed by atoms with Gasteiger partial charge < -0.3 is 9.64 Å². The Bertz CT molecular complexity index is 337. The number of carbonyl (C=O) groups excluding carboxylic acids is 1. The van der Waals surface area contributed by atoms with Crippen molar-refractivity contribution in [2.75, 3.05) is 6.54 Å². The molecule has 0 saturated heterocycles. The lowest BCUT2D eigenvalue weighted by Gasteiger charge is -2.26. The first-order valence-electron chi connectivity index (χ1n) is 4.04. The topological polar surface area (TPSA) is 29.5 Å². The lowest BCUT2D eigenvalue weighted by molar-refractivity contribution is -0.124. The Labute approximate surface area is 76.3 Å². The molecular weight excluding hydrogens is 166 g/mol. The molecule has 0 atom stereocenters. The fraction of sp³-hybridized carbons (Fsp3) is 0.100. The monoisotopic (exact) mass is 175 g/mol. The smallest absolute Gasteiger partial charge is 0.298 e. The Balaban J connectivity index is 2.35. The van der Waals surface area contributed by atoms with Crippen LogP contribution in [-0.2, 0) is 9.53 Å². The summed E-state index contributed by atoms with van der Waals surface area (Å²) in [6, 6.07) is 0. The van der Waals surface area contributed by atoms with Crippen molar-refractivity contribution in [2.45, 2.75) is 0 Å². The third-order valence-electron chi connectivity index (χ3n) is 1.94. The van der Waals surface area contributed by atoms with E-state index in [9.17, 15) is 4.79 Å². The largest absolute Gasteiger partial charge is 0.427 e. The maximum atomic E-state index is 10.2. The van der Waals surface area contributed by atoms with Crippen LogP contribution in [0.4, 0.5) is 0 Å². The second-order valence-corrected chi connectivity index (χ2v) is 2.72. The molecule has 0 amide bonds. The first kappa shape index (κ1) is 7.86. The van der Waals surface area contributed by atoms with E-state index in [-0.39, 0.29) is 0 Å². The molecular formula is C10H9NO2. The number of fused-ring (bicyclic) bond motifs is 1. The van der Waals surface area contributed by atoms with Crippen molar-refractivity contribution in [2.24, 2.45) is 0 Å². The molecule has 0 aromatic rings. The fourth-order valence-corrected chi connectivity index (χ4v) is 1.37. The third kappa shape index (κ3) is 1.40. The van der Waals surface area contributed by atoms with E-state index in [1.165, 1.54) is 0 Å². The third-order valence-corrected chi connectivity index (χ3v) is 1.94. The minimum atomic E-state index is 0.447. The molecule has 0 spiro atoms. The molecule has 13 heavy (non-hydrogen) atoms. The molecule has 0 aromatic heterocycles. The van der Waals surface area contributed by atoms with Crippen molar-refractivity contribution in [1.82, 2.24) is 4.90 Å². The van der Waals surface area contributed by atoms with Gasteiger partial charge in [0.05, 0.1) is 5.70 Å². The molecule has 0 fully saturated rings. The summed E-state index contributed by atoms with van der Waals surface area (Å²) in [5.41, 5.74) is 0.928. The van der Waals surface area contributed by atoms with E-state index < -0.39 is 0 Å². The Morgan fingerprint density at radius 3 is 3.15 bits per heavy atom. The van der Waals surface area contributed by atoms with E-state index >= 15 is 0 Å². The maximum absolute atomic E-state index is 10.2. The Kier molecular flexibility index (Phi) is 2.00. The van der Waals surface area contributed by atoms with E-state index in [0.717, 1.165) is 12.2 Å². The van der Waals surface area contributed by atoms with Crippen LogP contribution in [0.15, 0.2) is 48.0 Å². The lowest BCUT2D eigenvalue weighted by atomic mass is 10.2. The summed E-state index contributed by atoms with van der Waals surface area (Å²) in [7, 11) is 0. The van der Waals surface area contributed by atoms with Crippen LogP contribution in [0.3, 0.4) is 0 Å². The van der Waals surface area contributed by atoms with Gasteiger partial charge in [-0.1, -0.05) is 12.2 Å². The zero-order chi connectivity index (χ0) is 9.10. The molecule has 0 aromatic carbocycles. The van der Waals surface area contributed by atoms with Crippen molar-refractivity contribution in [3.8, 4) is 0 Å². The summed E-state index contributed by atoms with van der Waals surface area (Å²) >= 11 is 0. The number of hydrogen-bond donors (Lipinski definition) is 0. The van der Waals surface area contributed by atoms with Gasteiger partial charge in [0.1, 0.15) is 0 Å². The summed E-state index contributed by atoms with van der Waals surface area (Å²) in [5, 5.41) is 0. The highest BCUT2D eigenvalue weighted by Crippen LogP contribution is 2.21. The molecule has 0 radical (unpaired) electrons. The molecule has 2 rings (SSSR count). The van der Waals surface area contributed by atoms with Crippen molar-refractivity contribution in [1.29, 1.82) is 0 Å². The number of allylic oxidation sites excluding steroid dienone is 4. The highest BCUT2D eigenvalue weighted by Gasteiger charge is 2.14. The van der Waals surface area contributed by atoms with Crippen LogP contribution in [0, 0.1) is 0 Å². The van der Waals surface area contributed by atoms with Crippen LogP contribution < -0.4 is 0 Å². The van der Waals surface area contributed by atoms with E-state index in [1.54, 1.807) is 0 Å². The van der Waals surface area contributed by atoms with Gasteiger partial charge in [-0.25, -0.2) is 0 Å². The van der Waals surface area contributed by atoms with Crippen molar-refractivity contribution >= 4 is 6.47 Å². The van der Waals surface area contributed by atoms with Crippen LogP contribution in [0.25, 0.3) is 0 Å². The van der Waals surface area contributed by atoms with Crippen LogP contribution >= 0.6 is 0 Å². The lowest BCUT2D eigenvalue weighted by Crippen LogP contribution is -2.21. The van der Waals surface area contributed by atoms with Gasteiger partial charge in [0.15, 0.2) is 5.76 Å². The predicted molar refractivity (Wildman–Crippen MR) is 48.3 cm³/mol. The summed E-state index contributed by atoms with van der Waals surface area (Å²) in [6.07, 6.45) is 11.5. The Morgan fingerprint density at radius 1 is 1.38 bits per heavy atom. The van der Waals surface area contributed by atoms with Gasteiger partial charge in [0, 0.05) is 12.7 Å². The maximum Gasteiger partial charge on any atom is 0.298 e. The fourth-order valence-electron chi connectivity index (χ4n) is 1.37. The van der Waals surface area contributed by atoms with Gasteiger partial charge in [-0.3, -0.25) is 4.79 Å². The van der Waals surface area contributed by atoms with E-state index in [1.807, 2.05) is 41.5 Å². The first-order chi connectivity index (χ1) is 6.42. The summed E-state index contributed by atoms with van der Waals surface area (Å²) in [6.45, 7) is 1.27. The number of ether oxygens (including phenoxy) is 1. The van der Waals surface area contributed by atoms with Crippen LogP contribution in [-0.4, -0.2) is 17.9 Å². The Hall–Kier alpha value is -1.77. The molecule has 66 valence electrons. The van der Waals surface area contributed by atoms with Gasteiger partial charge in [-0.05, 0) is 18.2 Å². The van der Waals surface area contributed by atoms with Gasteiger partial charge in [-0.2, -0.15) is 0 Å². The zero-order valence-electron chi connectivity index (χ0n) is 7.01. The van der Waals surface area contributed by atoms with Crippen LogP contribution in [0.5, 0.6) is 0 Å². The quantitative estimate of drug-likeness (QED) is 0.593. The average molecular weight is 175 g/mol. The molecule has 3 nitrogen and oxygen atoms in total. The highest BCUT2D eigenvalue weighted by molar-refractivity contribution is 5.46. The average Bonchev–Trinajstić information content (AvgIpc) is 2.19. The van der Waals surface area contributed by atoms with Crippen LogP contribution in [0.1, 0.15) is 0 Å². The SMILES string of the molecule is O=COC1=C2C=CC=CN2CC=C1. The minimum Gasteiger partial charge on any atom is -0.427 e. The molecule has 0 bridgehead atoms. The number of hydrogen-bond acceptors (Lipinski definition) is 3. The zero-order valence-corrected chi connectivity index (χ0v) is 7.01. The first-order valence-corrected chi connectivity index (χ1v) is 4.04. The minimum absolute atomic E-state index is 0.447. The van der Waals surface area contributed by atoms with Gasteiger partial charge in [0.2, 0.25) is 0 Å². The number of nitrogens with zero attached hydrogens (tertiary/aromatic N) is 1. The second-order valence-electron chi connectivity index (χ2n) is 2.72. The van der Waals surface area contributed by atoms with Gasteiger partial charge >= 0.3 is 0 Å². The molecule has 0 N–H and O–H groups in total. The summed E-state index contributed by atoms with van der Waals surface area (Å²) in [5.74, 6) is 0.599. The normalized spacial score (nSPS) is 18.9. The molecule has 0 aliphatic carbocycles. The van der Waals surface area contributed by atoms with Gasteiger partial charge in [0.25, 0.3) is 6.47 Å². The molecule has 0 saturated carbocycles. The molecule has 2 heterocycles. The number of carbonyl (C=O) groups is 1. The van der Waals surface area contributed by atoms with Crippen molar-refractivity contribution in [3.63, 3.8) is 0 Å². The predicted octanol–water partition coefficient (Wildman–Crippen LogP) is 1.33.